The Balaban J connectivity index is 2.26. The van der Waals surface area contributed by atoms with Crippen LogP contribution in [0.3, 0.4) is 0 Å². The maximum absolute atomic E-state index is 11.5. The van der Waals surface area contributed by atoms with Gasteiger partial charge in [0, 0.05) is 11.9 Å². The van der Waals surface area contributed by atoms with Crippen molar-refractivity contribution >= 4 is 33.4 Å². The number of pyridine rings is 1. The van der Waals surface area contributed by atoms with Crippen LogP contribution in [0.1, 0.15) is 15.9 Å². The maximum atomic E-state index is 11.5. The van der Waals surface area contributed by atoms with Gasteiger partial charge in [0.25, 0.3) is 0 Å². The molecule has 2 aromatic rings. The molecule has 0 aliphatic carbocycles. The summed E-state index contributed by atoms with van der Waals surface area (Å²) in [4.78, 5) is 15.7. The first kappa shape index (κ1) is 13.5. The van der Waals surface area contributed by atoms with Crippen molar-refractivity contribution in [2.24, 2.45) is 0 Å². The van der Waals surface area contributed by atoms with Crippen LogP contribution < -0.4 is 5.32 Å². The third kappa shape index (κ3) is 3.32. The number of carbonyl (C=O) groups excluding carboxylic acids is 1. The highest BCUT2D eigenvalue weighted by Crippen LogP contribution is 2.24. The molecule has 4 nitrogen and oxygen atoms in total. The van der Waals surface area contributed by atoms with Crippen LogP contribution in [0.4, 0.5) is 11.5 Å². The number of methoxy groups -OCH3 is 1. The lowest BCUT2D eigenvalue weighted by molar-refractivity contribution is 0.0601. The van der Waals surface area contributed by atoms with E-state index in [9.17, 15) is 4.79 Å². The van der Waals surface area contributed by atoms with E-state index in [0.717, 1.165) is 15.7 Å². The molecule has 0 aliphatic heterocycles. The number of anilines is 2. The molecule has 98 valence electrons. The van der Waals surface area contributed by atoms with Gasteiger partial charge >= 0.3 is 5.97 Å². The minimum Gasteiger partial charge on any atom is -0.465 e. The zero-order chi connectivity index (χ0) is 13.8. The van der Waals surface area contributed by atoms with Gasteiger partial charge in [-0.05, 0) is 52.7 Å². The van der Waals surface area contributed by atoms with Crippen molar-refractivity contribution in [3.63, 3.8) is 0 Å². The monoisotopic (exact) mass is 320 g/mol. The van der Waals surface area contributed by atoms with Crippen LogP contribution in [-0.4, -0.2) is 18.1 Å². The van der Waals surface area contributed by atoms with Crippen LogP contribution >= 0.6 is 15.9 Å². The number of nitrogens with zero attached hydrogens (tertiary/aromatic N) is 1. The zero-order valence-electron chi connectivity index (χ0n) is 10.6. The van der Waals surface area contributed by atoms with E-state index in [1.165, 1.54) is 7.11 Å². The molecule has 0 radical (unpaired) electrons. The van der Waals surface area contributed by atoms with Gasteiger partial charge in [-0.1, -0.05) is 6.07 Å². The van der Waals surface area contributed by atoms with Gasteiger partial charge in [0.15, 0.2) is 0 Å². The maximum Gasteiger partial charge on any atom is 0.337 e. The molecule has 0 bridgehead atoms. The minimum absolute atomic E-state index is 0.361. The zero-order valence-corrected chi connectivity index (χ0v) is 12.2. The molecule has 1 heterocycles. The second kappa shape index (κ2) is 5.84. The summed E-state index contributed by atoms with van der Waals surface area (Å²) < 4.78 is 5.56. The Kier molecular flexibility index (Phi) is 4.16. The average molecular weight is 321 g/mol. The van der Waals surface area contributed by atoms with Crippen molar-refractivity contribution < 1.29 is 9.53 Å². The standard InChI is InChI=1S/C14H13BrN2O2/c1-9-6-12(15)13(16-8-9)17-11-5-3-4-10(7-11)14(18)19-2/h3-8H,1-2H3,(H,16,17). The third-order valence-corrected chi connectivity index (χ3v) is 3.13. The van der Waals surface area contributed by atoms with Gasteiger partial charge in [-0.25, -0.2) is 9.78 Å². The van der Waals surface area contributed by atoms with E-state index in [4.69, 9.17) is 0 Å². The molecule has 1 aromatic carbocycles. The topological polar surface area (TPSA) is 51.2 Å². The number of benzene rings is 1. The van der Waals surface area contributed by atoms with Crippen LogP contribution in [-0.2, 0) is 4.74 Å². The smallest absolute Gasteiger partial charge is 0.337 e. The van der Waals surface area contributed by atoms with Crippen molar-refractivity contribution in [3.05, 3.63) is 52.1 Å². The molecule has 0 fully saturated rings. The fourth-order valence-corrected chi connectivity index (χ4v) is 2.17. The lowest BCUT2D eigenvalue weighted by Gasteiger charge is -2.09. The van der Waals surface area contributed by atoms with Crippen LogP contribution in [0.2, 0.25) is 0 Å². The SMILES string of the molecule is COC(=O)c1cccc(Nc2ncc(C)cc2Br)c1. The van der Waals surface area contributed by atoms with Crippen molar-refractivity contribution in [2.45, 2.75) is 6.92 Å². The number of halogens is 1. The lowest BCUT2D eigenvalue weighted by Crippen LogP contribution is -2.02. The van der Waals surface area contributed by atoms with Gasteiger partial charge in [-0.3, -0.25) is 0 Å². The molecule has 0 atom stereocenters. The molecule has 1 N–H and O–H groups in total. The summed E-state index contributed by atoms with van der Waals surface area (Å²) in [6, 6.07) is 9.05. The Morgan fingerprint density at radius 3 is 2.84 bits per heavy atom. The van der Waals surface area contributed by atoms with Crippen molar-refractivity contribution in [3.8, 4) is 0 Å². The predicted octanol–water partition coefficient (Wildman–Crippen LogP) is 3.68. The number of carbonyl (C=O) groups is 1. The summed E-state index contributed by atoms with van der Waals surface area (Å²) in [5.41, 5.74) is 2.34. The number of aromatic nitrogens is 1. The van der Waals surface area contributed by atoms with Crippen LogP contribution in [0, 0.1) is 6.92 Å². The second-order valence-corrected chi connectivity index (χ2v) is 4.89. The molecule has 0 amide bonds. The summed E-state index contributed by atoms with van der Waals surface area (Å²) in [5.74, 6) is 0.340. The number of nitrogens with one attached hydrogen (secondary N) is 1. The van der Waals surface area contributed by atoms with E-state index in [1.807, 2.05) is 19.1 Å². The molecule has 0 unspecified atom stereocenters. The summed E-state index contributed by atoms with van der Waals surface area (Å²) in [6.07, 6.45) is 1.78. The van der Waals surface area contributed by atoms with E-state index in [2.05, 4.69) is 31.0 Å². The highest BCUT2D eigenvalue weighted by Gasteiger charge is 2.07. The number of rotatable bonds is 3. The summed E-state index contributed by atoms with van der Waals surface area (Å²) in [5, 5.41) is 3.15. The lowest BCUT2D eigenvalue weighted by atomic mass is 10.2. The van der Waals surface area contributed by atoms with Crippen molar-refractivity contribution in [1.82, 2.24) is 4.98 Å². The van der Waals surface area contributed by atoms with Crippen LogP contribution in [0.15, 0.2) is 41.0 Å². The van der Waals surface area contributed by atoms with Crippen molar-refractivity contribution in [2.75, 3.05) is 12.4 Å². The molecule has 1 aromatic heterocycles. The van der Waals surface area contributed by atoms with E-state index < -0.39 is 0 Å². The van der Waals surface area contributed by atoms with Gasteiger partial charge in [0.1, 0.15) is 5.82 Å². The van der Waals surface area contributed by atoms with Gasteiger partial charge in [-0.2, -0.15) is 0 Å². The molecule has 0 aliphatic rings. The molecule has 0 saturated carbocycles. The summed E-state index contributed by atoms with van der Waals surface area (Å²) >= 11 is 3.45. The van der Waals surface area contributed by atoms with E-state index in [1.54, 1.807) is 24.4 Å². The number of hydrogen-bond acceptors (Lipinski definition) is 4. The van der Waals surface area contributed by atoms with Crippen molar-refractivity contribution in [1.29, 1.82) is 0 Å². The largest absolute Gasteiger partial charge is 0.465 e. The summed E-state index contributed by atoms with van der Waals surface area (Å²) in [7, 11) is 1.36. The van der Waals surface area contributed by atoms with Gasteiger partial charge in [0.2, 0.25) is 0 Å². The number of hydrogen-bond donors (Lipinski definition) is 1. The molecule has 0 spiro atoms. The average Bonchev–Trinajstić information content (AvgIpc) is 2.41. The number of esters is 1. The first-order chi connectivity index (χ1) is 9.10. The second-order valence-electron chi connectivity index (χ2n) is 4.04. The Labute approximate surface area is 119 Å². The number of ether oxygens (including phenoxy) is 1. The highest BCUT2D eigenvalue weighted by molar-refractivity contribution is 9.10. The summed E-state index contributed by atoms with van der Waals surface area (Å²) in [6.45, 7) is 1.97. The Bertz CT molecular complexity index is 614. The van der Waals surface area contributed by atoms with E-state index >= 15 is 0 Å². The van der Waals surface area contributed by atoms with Crippen LogP contribution in [0.25, 0.3) is 0 Å². The first-order valence-corrected chi connectivity index (χ1v) is 6.47. The Morgan fingerprint density at radius 2 is 2.16 bits per heavy atom. The minimum atomic E-state index is -0.361. The normalized spacial score (nSPS) is 10.1. The first-order valence-electron chi connectivity index (χ1n) is 5.67. The van der Waals surface area contributed by atoms with E-state index in [0.29, 0.717) is 11.4 Å². The van der Waals surface area contributed by atoms with Gasteiger partial charge in [0.05, 0.1) is 17.1 Å². The fraction of sp³-hybridized carbons (Fsp3) is 0.143. The fourth-order valence-electron chi connectivity index (χ4n) is 1.60. The highest BCUT2D eigenvalue weighted by atomic mass is 79.9. The molecule has 5 heteroatoms. The third-order valence-electron chi connectivity index (χ3n) is 2.52. The van der Waals surface area contributed by atoms with Gasteiger partial charge < -0.3 is 10.1 Å². The molecule has 2 rings (SSSR count). The molecule has 0 saturated heterocycles. The van der Waals surface area contributed by atoms with E-state index in [-0.39, 0.29) is 5.97 Å². The molecule has 19 heavy (non-hydrogen) atoms. The number of aryl methyl sites for hydroxylation is 1. The van der Waals surface area contributed by atoms with Crippen LogP contribution in [0.5, 0.6) is 0 Å². The van der Waals surface area contributed by atoms with Gasteiger partial charge in [-0.15, -0.1) is 0 Å². The quantitative estimate of drug-likeness (QED) is 0.876. The molecular weight excluding hydrogens is 308 g/mol. The predicted molar refractivity (Wildman–Crippen MR) is 77.7 cm³/mol. The molecular formula is C14H13BrN2O2. The Morgan fingerprint density at radius 1 is 1.37 bits per heavy atom. The Hall–Kier alpha value is -1.88.